The van der Waals surface area contributed by atoms with Crippen LogP contribution in [0.15, 0.2) is 60.7 Å². The van der Waals surface area contributed by atoms with E-state index in [0.717, 1.165) is 16.1 Å². The van der Waals surface area contributed by atoms with Gasteiger partial charge >= 0.3 is 0 Å². The van der Waals surface area contributed by atoms with Gasteiger partial charge in [0.15, 0.2) is 0 Å². The molecule has 0 aliphatic rings. The Morgan fingerprint density at radius 1 is 0.583 bits per heavy atom. The fraction of sp³-hybridized carbons (Fsp3) is 0.217. The zero-order valence-electron chi connectivity index (χ0n) is 15.2. The van der Waals surface area contributed by atoms with Gasteiger partial charge in [0.2, 0.25) is 0 Å². The summed E-state index contributed by atoms with van der Waals surface area (Å²) in [5.41, 5.74) is 8.49. The Labute approximate surface area is 151 Å². The molecule has 0 aromatic heterocycles. The van der Waals surface area contributed by atoms with E-state index in [-0.39, 0.29) is 0 Å². The number of hydrogen-bond acceptors (Lipinski definition) is 0. The Morgan fingerprint density at radius 2 is 1.00 bits per heavy atom. The molecule has 0 radical (unpaired) electrons. The third-order valence-electron chi connectivity index (χ3n) is 4.16. The molecule has 124 valence electrons. The summed E-state index contributed by atoms with van der Waals surface area (Å²) >= 11 is 6.41. The van der Waals surface area contributed by atoms with Gasteiger partial charge < -0.3 is 0 Å². The molecule has 0 N–H and O–H groups in total. The van der Waals surface area contributed by atoms with Crippen molar-refractivity contribution in [3.8, 4) is 22.3 Å². The number of halogens is 1. The second kappa shape index (κ2) is 8.17. The summed E-state index contributed by atoms with van der Waals surface area (Å²) in [6.45, 7) is 10.3. The van der Waals surface area contributed by atoms with Crippen LogP contribution in [0.1, 0.15) is 30.5 Å². The highest BCUT2D eigenvalue weighted by Crippen LogP contribution is 2.32. The van der Waals surface area contributed by atoms with Crippen molar-refractivity contribution in [2.45, 2.75) is 34.6 Å². The summed E-state index contributed by atoms with van der Waals surface area (Å²) in [5.74, 6) is 0. The van der Waals surface area contributed by atoms with E-state index in [4.69, 9.17) is 11.6 Å². The lowest BCUT2D eigenvalue weighted by Crippen LogP contribution is -1.86. The van der Waals surface area contributed by atoms with Gasteiger partial charge in [-0.25, -0.2) is 0 Å². The van der Waals surface area contributed by atoms with Crippen LogP contribution in [0.25, 0.3) is 22.3 Å². The Kier molecular flexibility index (Phi) is 6.23. The normalized spacial score (nSPS) is 10.1. The van der Waals surface area contributed by atoms with E-state index in [0.29, 0.717) is 0 Å². The lowest BCUT2D eigenvalue weighted by Gasteiger charge is -2.10. The van der Waals surface area contributed by atoms with Gasteiger partial charge in [0.1, 0.15) is 0 Å². The molecule has 3 rings (SSSR count). The Bertz CT molecular complexity index is 797. The Balaban J connectivity index is 0.00000100. The smallest absolute Gasteiger partial charge is 0.0487 e. The summed E-state index contributed by atoms with van der Waals surface area (Å²) < 4.78 is 0. The third-order valence-corrected chi connectivity index (χ3v) is 4.48. The van der Waals surface area contributed by atoms with Crippen LogP contribution in [0, 0.1) is 20.8 Å². The molecule has 0 amide bonds. The van der Waals surface area contributed by atoms with Crippen molar-refractivity contribution in [1.29, 1.82) is 0 Å². The first-order chi connectivity index (χ1) is 11.5. The predicted molar refractivity (Wildman–Crippen MR) is 108 cm³/mol. The van der Waals surface area contributed by atoms with Crippen molar-refractivity contribution in [2.24, 2.45) is 0 Å². The van der Waals surface area contributed by atoms with Crippen molar-refractivity contribution in [1.82, 2.24) is 0 Å². The molecule has 0 unspecified atom stereocenters. The minimum atomic E-state index is 0.811. The molecule has 3 aromatic carbocycles. The average Bonchev–Trinajstić information content (AvgIpc) is 2.61. The van der Waals surface area contributed by atoms with Crippen LogP contribution in [0.2, 0.25) is 5.02 Å². The van der Waals surface area contributed by atoms with Crippen LogP contribution in [0.4, 0.5) is 0 Å². The molecule has 0 bridgehead atoms. The number of hydrogen-bond donors (Lipinski definition) is 0. The second-order valence-corrected chi connectivity index (χ2v) is 6.27. The lowest BCUT2D eigenvalue weighted by atomic mass is 9.97. The quantitative estimate of drug-likeness (QED) is 0.451. The first-order valence-corrected chi connectivity index (χ1v) is 8.86. The first kappa shape index (κ1) is 18.3. The predicted octanol–water partition coefficient (Wildman–Crippen LogP) is 7.63. The van der Waals surface area contributed by atoms with Gasteiger partial charge in [-0.2, -0.15) is 0 Å². The SMILES string of the molecule is CC.Cc1ccc(-c2ccc(-c3cc(C)c(C)cc3Cl)cc2)cc1. The molecule has 3 aromatic rings. The fourth-order valence-electron chi connectivity index (χ4n) is 2.59. The van der Waals surface area contributed by atoms with Crippen molar-refractivity contribution in [2.75, 3.05) is 0 Å². The highest BCUT2D eigenvalue weighted by Gasteiger charge is 2.06. The van der Waals surface area contributed by atoms with Gasteiger partial charge in [-0.05, 0) is 60.7 Å². The molecule has 0 heterocycles. The van der Waals surface area contributed by atoms with Gasteiger partial charge in [0.25, 0.3) is 0 Å². The van der Waals surface area contributed by atoms with Gasteiger partial charge in [0.05, 0.1) is 0 Å². The highest BCUT2D eigenvalue weighted by atomic mass is 35.5. The van der Waals surface area contributed by atoms with E-state index in [9.17, 15) is 0 Å². The molecule has 0 saturated carbocycles. The maximum atomic E-state index is 6.41. The van der Waals surface area contributed by atoms with Crippen LogP contribution >= 0.6 is 11.6 Å². The zero-order chi connectivity index (χ0) is 17.7. The fourth-order valence-corrected chi connectivity index (χ4v) is 2.92. The maximum absolute atomic E-state index is 6.41. The molecular formula is C23H25Cl. The molecule has 0 saturated heterocycles. The van der Waals surface area contributed by atoms with Crippen molar-refractivity contribution < 1.29 is 0 Å². The number of aryl methyl sites for hydroxylation is 3. The highest BCUT2D eigenvalue weighted by molar-refractivity contribution is 6.33. The first-order valence-electron chi connectivity index (χ1n) is 8.49. The van der Waals surface area contributed by atoms with Gasteiger partial charge in [-0.15, -0.1) is 0 Å². The lowest BCUT2D eigenvalue weighted by molar-refractivity contribution is 1.34. The monoisotopic (exact) mass is 336 g/mol. The van der Waals surface area contributed by atoms with E-state index in [1.165, 1.54) is 27.8 Å². The molecule has 0 atom stereocenters. The van der Waals surface area contributed by atoms with Crippen molar-refractivity contribution in [3.63, 3.8) is 0 Å². The molecular weight excluding hydrogens is 312 g/mol. The van der Waals surface area contributed by atoms with Gasteiger partial charge in [-0.3, -0.25) is 0 Å². The summed E-state index contributed by atoms with van der Waals surface area (Å²) in [6, 6.07) is 21.4. The molecule has 0 fully saturated rings. The summed E-state index contributed by atoms with van der Waals surface area (Å²) in [4.78, 5) is 0. The molecule has 0 spiro atoms. The van der Waals surface area contributed by atoms with E-state index in [2.05, 4.69) is 75.4 Å². The van der Waals surface area contributed by atoms with E-state index in [1.54, 1.807) is 0 Å². The van der Waals surface area contributed by atoms with Crippen LogP contribution in [-0.4, -0.2) is 0 Å². The average molecular weight is 337 g/mol. The summed E-state index contributed by atoms with van der Waals surface area (Å²) in [6.07, 6.45) is 0. The van der Waals surface area contributed by atoms with Crippen LogP contribution in [0.5, 0.6) is 0 Å². The van der Waals surface area contributed by atoms with Crippen molar-refractivity contribution >= 4 is 11.6 Å². The van der Waals surface area contributed by atoms with E-state index < -0.39 is 0 Å². The third kappa shape index (κ3) is 4.07. The largest absolute Gasteiger partial charge is 0.0837 e. The van der Waals surface area contributed by atoms with Crippen LogP contribution in [0.3, 0.4) is 0 Å². The molecule has 0 nitrogen and oxygen atoms in total. The topological polar surface area (TPSA) is 0 Å². The van der Waals surface area contributed by atoms with E-state index in [1.807, 2.05) is 19.9 Å². The Morgan fingerprint density at radius 3 is 1.54 bits per heavy atom. The van der Waals surface area contributed by atoms with Gasteiger partial charge in [-0.1, -0.05) is 79.5 Å². The van der Waals surface area contributed by atoms with Crippen molar-refractivity contribution in [3.05, 3.63) is 82.4 Å². The molecule has 0 aliphatic carbocycles. The van der Waals surface area contributed by atoms with Crippen LogP contribution < -0.4 is 0 Å². The zero-order valence-corrected chi connectivity index (χ0v) is 15.9. The second-order valence-electron chi connectivity index (χ2n) is 5.86. The maximum Gasteiger partial charge on any atom is 0.0487 e. The minimum absolute atomic E-state index is 0.811. The van der Waals surface area contributed by atoms with Gasteiger partial charge in [0, 0.05) is 10.6 Å². The van der Waals surface area contributed by atoms with Crippen LogP contribution in [-0.2, 0) is 0 Å². The molecule has 24 heavy (non-hydrogen) atoms. The summed E-state index contributed by atoms with van der Waals surface area (Å²) in [7, 11) is 0. The number of benzene rings is 3. The summed E-state index contributed by atoms with van der Waals surface area (Å²) in [5, 5.41) is 0.811. The number of rotatable bonds is 2. The van der Waals surface area contributed by atoms with E-state index >= 15 is 0 Å². The molecule has 1 heteroatoms. The standard InChI is InChI=1S/C21H19Cl.C2H6/c1-14-4-6-17(7-5-14)18-8-10-19(11-9-18)20-12-15(2)16(3)13-21(20)22;1-2/h4-13H,1-3H3;1-2H3. The molecule has 0 aliphatic heterocycles. The minimum Gasteiger partial charge on any atom is -0.0837 e. The Hall–Kier alpha value is -2.05.